The molecule has 162 valence electrons. The molecule has 4 rings (SSSR count). The first-order valence-corrected chi connectivity index (χ1v) is 10.3. The molecular formula is C22H26FN7O. The van der Waals surface area contributed by atoms with Crippen LogP contribution in [0.3, 0.4) is 0 Å². The molecule has 1 saturated heterocycles. The van der Waals surface area contributed by atoms with Gasteiger partial charge >= 0.3 is 0 Å². The van der Waals surface area contributed by atoms with Crippen LogP contribution in [0.15, 0.2) is 36.8 Å². The van der Waals surface area contributed by atoms with Gasteiger partial charge in [0.2, 0.25) is 11.7 Å². The highest BCUT2D eigenvalue weighted by Gasteiger charge is 2.32. The van der Waals surface area contributed by atoms with Gasteiger partial charge in [-0.1, -0.05) is 24.3 Å². The molecule has 1 fully saturated rings. The Morgan fingerprint density at radius 3 is 2.68 bits per heavy atom. The zero-order valence-electron chi connectivity index (χ0n) is 17.7. The van der Waals surface area contributed by atoms with Crippen LogP contribution in [0.4, 0.5) is 16.0 Å². The number of hydrogen-bond acceptors (Lipinski definition) is 6. The molecular weight excluding hydrogens is 397 g/mol. The number of halogens is 1. The Hall–Kier alpha value is -3.49. The lowest BCUT2D eigenvalue weighted by molar-refractivity contribution is -0.117. The number of primary amides is 1. The second kappa shape index (κ2) is 8.71. The number of benzene rings is 1. The summed E-state index contributed by atoms with van der Waals surface area (Å²) in [4.78, 5) is 21.4. The van der Waals surface area contributed by atoms with Crippen LogP contribution < -0.4 is 16.0 Å². The molecule has 1 aliphatic heterocycles. The first kappa shape index (κ1) is 20.8. The fourth-order valence-electron chi connectivity index (χ4n) is 4.13. The molecule has 1 amide bonds. The summed E-state index contributed by atoms with van der Waals surface area (Å²) in [5.74, 6) is -0.357. The van der Waals surface area contributed by atoms with Crippen LogP contribution in [0.5, 0.6) is 0 Å². The van der Waals surface area contributed by atoms with E-state index in [1.165, 1.54) is 6.33 Å². The van der Waals surface area contributed by atoms with E-state index in [-0.39, 0.29) is 24.2 Å². The van der Waals surface area contributed by atoms with Gasteiger partial charge in [-0.3, -0.25) is 9.48 Å². The largest absolute Gasteiger partial charge is 0.369 e. The fraction of sp³-hybridized carbons (Fsp3) is 0.364. The third kappa shape index (κ3) is 4.50. The number of hydrogen-bond donors (Lipinski definition) is 2. The maximum absolute atomic E-state index is 15.3. The van der Waals surface area contributed by atoms with Crippen LogP contribution in [0.25, 0.3) is 0 Å². The van der Waals surface area contributed by atoms with Crippen LogP contribution in [0.1, 0.15) is 41.3 Å². The van der Waals surface area contributed by atoms with E-state index in [2.05, 4.69) is 20.4 Å². The minimum absolute atomic E-state index is 0.0451. The van der Waals surface area contributed by atoms with Crippen LogP contribution in [0, 0.1) is 12.7 Å². The molecule has 0 bridgehead atoms. The summed E-state index contributed by atoms with van der Waals surface area (Å²) in [5.41, 5.74) is 9.06. The SMILES string of the molecule is Cc1nn(C)cc1C1CCCN1c1ncnc(NCc2ccc(CC(N)=O)cc2)c1F. The molecule has 1 atom stereocenters. The van der Waals surface area contributed by atoms with Gasteiger partial charge in [0.25, 0.3) is 0 Å². The summed E-state index contributed by atoms with van der Waals surface area (Å²) in [6, 6.07) is 7.49. The Labute approximate surface area is 180 Å². The van der Waals surface area contributed by atoms with E-state index < -0.39 is 5.82 Å². The smallest absolute Gasteiger partial charge is 0.221 e. The third-order valence-electron chi connectivity index (χ3n) is 5.57. The molecule has 3 aromatic rings. The number of nitrogens with two attached hydrogens (primary N) is 1. The summed E-state index contributed by atoms with van der Waals surface area (Å²) in [6.45, 7) is 3.10. The number of carbonyl (C=O) groups excluding carboxylic acids is 1. The molecule has 1 aliphatic rings. The lowest BCUT2D eigenvalue weighted by Gasteiger charge is -2.26. The van der Waals surface area contributed by atoms with Gasteiger partial charge in [0.05, 0.1) is 18.2 Å². The second-order valence-corrected chi connectivity index (χ2v) is 7.87. The fourth-order valence-corrected chi connectivity index (χ4v) is 4.13. The number of rotatable bonds is 7. The summed E-state index contributed by atoms with van der Waals surface area (Å²) in [6.07, 6.45) is 5.48. The predicted octanol–water partition coefficient (Wildman–Crippen LogP) is 2.64. The normalized spacial score (nSPS) is 16.0. The van der Waals surface area contributed by atoms with Crippen LogP contribution in [-0.4, -0.2) is 32.2 Å². The zero-order chi connectivity index (χ0) is 22.0. The lowest BCUT2D eigenvalue weighted by Crippen LogP contribution is -2.25. The highest BCUT2D eigenvalue weighted by molar-refractivity contribution is 5.76. The number of aryl methyl sites for hydroxylation is 2. The topological polar surface area (TPSA) is 102 Å². The van der Waals surface area contributed by atoms with Crippen LogP contribution in [0.2, 0.25) is 0 Å². The maximum atomic E-state index is 15.3. The van der Waals surface area contributed by atoms with Crippen molar-refractivity contribution in [1.82, 2.24) is 19.7 Å². The summed E-state index contributed by atoms with van der Waals surface area (Å²) in [5, 5.41) is 7.50. The highest BCUT2D eigenvalue weighted by atomic mass is 19.1. The van der Waals surface area contributed by atoms with E-state index in [1.54, 1.807) is 4.68 Å². The molecule has 2 aromatic heterocycles. The quantitative estimate of drug-likeness (QED) is 0.606. The lowest BCUT2D eigenvalue weighted by atomic mass is 10.1. The van der Waals surface area contributed by atoms with E-state index in [4.69, 9.17) is 5.73 Å². The van der Waals surface area contributed by atoms with Crippen molar-refractivity contribution in [2.75, 3.05) is 16.8 Å². The van der Waals surface area contributed by atoms with Crippen molar-refractivity contribution in [2.24, 2.45) is 12.8 Å². The number of nitrogens with zero attached hydrogens (tertiary/aromatic N) is 5. The second-order valence-electron chi connectivity index (χ2n) is 7.87. The molecule has 0 spiro atoms. The molecule has 3 heterocycles. The zero-order valence-corrected chi connectivity index (χ0v) is 17.7. The molecule has 0 saturated carbocycles. The van der Waals surface area contributed by atoms with E-state index in [1.807, 2.05) is 49.3 Å². The van der Waals surface area contributed by atoms with Crippen molar-refractivity contribution in [3.8, 4) is 0 Å². The Balaban J connectivity index is 1.50. The first-order valence-electron chi connectivity index (χ1n) is 10.3. The first-order chi connectivity index (χ1) is 14.9. The van der Waals surface area contributed by atoms with Gasteiger partial charge in [-0.05, 0) is 30.9 Å². The number of carbonyl (C=O) groups is 1. The van der Waals surface area contributed by atoms with Crippen molar-refractivity contribution in [3.05, 3.63) is 65.0 Å². The monoisotopic (exact) mass is 423 g/mol. The van der Waals surface area contributed by atoms with Gasteiger partial charge in [-0.25, -0.2) is 9.97 Å². The van der Waals surface area contributed by atoms with E-state index in [0.29, 0.717) is 12.4 Å². The van der Waals surface area contributed by atoms with E-state index >= 15 is 4.39 Å². The predicted molar refractivity (Wildman–Crippen MR) is 116 cm³/mol. The Morgan fingerprint density at radius 2 is 2.00 bits per heavy atom. The van der Waals surface area contributed by atoms with Gasteiger partial charge in [-0.2, -0.15) is 9.49 Å². The number of nitrogens with one attached hydrogen (secondary N) is 1. The van der Waals surface area contributed by atoms with Gasteiger partial charge < -0.3 is 16.0 Å². The number of anilines is 2. The van der Waals surface area contributed by atoms with Gasteiger partial charge in [0.1, 0.15) is 6.33 Å². The molecule has 0 aliphatic carbocycles. The van der Waals surface area contributed by atoms with Gasteiger partial charge in [-0.15, -0.1) is 0 Å². The third-order valence-corrected chi connectivity index (χ3v) is 5.57. The molecule has 31 heavy (non-hydrogen) atoms. The van der Waals surface area contributed by atoms with Crippen LogP contribution in [-0.2, 0) is 24.8 Å². The summed E-state index contributed by atoms with van der Waals surface area (Å²) >= 11 is 0. The maximum Gasteiger partial charge on any atom is 0.221 e. The van der Waals surface area contributed by atoms with E-state index in [9.17, 15) is 4.79 Å². The van der Waals surface area contributed by atoms with E-state index in [0.717, 1.165) is 41.8 Å². The van der Waals surface area contributed by atoms with Crippen molar-refractivity contribution < 1.29 is 9.18 Å². The average Bonchev–Trinajstić information content (AvgIpc) is 3.33. The van der Waals surface area contributed by atoms with Crippen molar-refractivity contribution in [3.63, 3.8) is 0 Å². The van der Waals surface area contributed by atoms with Gasteiger partial charge in [0, 0.05) is 31.9 Å². The van der Waals surface area contributed by atoms with Crippen molar-refractivity contribution in [1.29, 1.82) is 0 Å². The van der Waals surface area contributed by atoms with Crippen molar-refractivity contribution in [2.45, 2.75) is 38.8 Å². The number of aromatic nitrogens is 4. The molecule has 1 aromatic carbocycles. The minimum atomic E-state index is -0.457. The highest BCUT2D eigenvalue weighted by Crippen LogP contribution is 2.38. The van der Waals surface area contributed by atoms with Crippen LogP contribution >= 0.6 is 0 Å². The molecule has 0 radical (unpaired) electrons. The molecule has 9 heteroatoms. The van der Waals surface area contributed by atoms with Crippen molar-refractivity contribution >= 4 is 17.5 Å². The Bertz CT molecular complexity index is 1080. The average molecular weight is 423 g/mol. The Kier molecular flexibility index (Phi) is 5.83. The Morgan fingerprint density at radius 1 is 1.26 bits per heavy atom. The summed E-state index contributed by atoms with van der Waals surface area (Å²) < 4.78 is 17.1. The standard InChI is InChI=1S/C22H26FN7O/c1-14-17(12-29(2)28-14)18-4-3-9-30(18)22-20(23)21(26-13-27-22)25-11-16-7-5-15(6-8-16)10-19(24)31/h5-8,12-13,18H,3-4,9-11H2,1-2H3,(H2,24,31)(H,25,26,27). The summed E-state index contributed by atoms with van der Waals surface area (Å²) in [7, 11) is 1.89. The molecule has 3 N–H and O–H groups in total. The molecule has 8 nitrogen and oxygen atoms in total. The molecule has 1 unspecified atom stereocenters. The minimum Gasteiger partial charge on any atom is -0.369 e. The van der Waals surface area contributed by atoms with Gasteiger partial charge in [0.15, 0.2) is 11.6 Å². The number of amides is 1.